The van der Waals surface area contributed by atoms with Crippen LogP contribution in [-0.2, 0) is 6.54 Å². The number of carbonyl (C=O) groups is 2. The lowest BCUT2D eigenvalue weighted by molar-refractivity contribution is 0.0596. The third-order valence-electron chi connectivity index (χ3n) is 5.61. The molecule has 0 saturated carbocycles. The van der Waals surface area contributed by atoms with Crippen LogP contribution in [0, 0.1) is 0 Å². The first-order valence-electron chi connectivity index (χ1n) is 10.2. The molecule has 7 nitrogen and oxygen atoms in total. The number of nitrogens with one attached hydrogen (secondary N) is 1. The van der Waals surface area contributed by atoms with E-state index < -0.39 is 0 Å². The third-order valence-corrected chi connectivity index (χ3v) is 5.61. The Labute approximate surface area is 179 Å². The summed E-state index contributed by atoms with van der Waals surface area (Å²) in [5.74, 6) is 0.128. The number of amides is 2. The Balaban J connectivity index is 1.15. The molecule has 1 fully saturated rings. The highest BCUT2D eigenvalue weighted by molar-refractivity contribution is 5.94. The Morgan fingerprint density at radius 3 is 2.58 bits per heavy atom. The van der Waals surface area contributed by atoms with Gasteiger partial charge in [-0.15, -0.1) is 0 Å². The minimum absolute atomic E-state index is 0.0404. The number of rotatable bonds is 5. The minimum atomic E-state index is -0.115. The van der Waals surface area contributed by atoms with Crippen molar-refractivity contribution in [3.63, 3.8) is 0 Å². The summed E-state index contributed by atoms with van der Waals surface area (Å²) >= 11 is 0. The molecule has 1 N–H and O–H groups in total. The zero-order valence-electron chi connectivity index (χ0n) is 16.8. The number of aromatic nitrogens is 3. The van der Waals surface area contributed by atoms with E-state index in [1.807, 2.05) is 59.3 Å². The SMILES string of the molecule is O=C(NCc1ccn2ccnc2c1)c1ccc(C2CN(C(=O)c3ccccn3)C2)cc1. The maximum atomic E-state index is 12.5. The second-order valence-electron chi connectivity index (χ2n) is 7.65. The van der Waals surface area contributed by atoms with E-state index >= 15 is 0 Å². The number of pyridine rings is 2. The molecule has 3 aromatic heterocycles. The van der Waals surface area contributed by atoms with Crippen molar-refractivity contribution in [2.45, 2.75) is 12.5 Å². The van der Waals surface area contributed by atoms with Crippen LogP contribution in [0.1, 0.15) is 37.9 Å². The molecule has 0 bridgehead atoms. The van der Waals surface area contributed by atoms with Crippen LogP contribution in [-0.4, -0.2) is 44.2 Å². The van der Waals surface area contributed by atoms with E-state index in [-0.39, 0.29) is 17.7 Å². The molecular weight excluding hydrogens is 390 g/mol. The molecule has 1 aliphatic rings. The van der Waals surface area contributed by atoms with Crippen LogP contribution in [0.3, 0.4) is 0 Å². The fraction of sp³-hybridized carbons (Fsp3) is 0.167. The Kier molecular flexibility index (Phi) is 4.92. The Morgan fingerprint density at radius 2 is 1.81 bits per heavy atom. The van der Waals surface area contributed by atoms with Gasteiger partial charge in [-0.05, 0) is 47.5 Å². The first-order chi connectivity index (χ1) is 15.2. The van der Waals surface area contributed by atoms with Crippen molar-refractivity contribution in [3.8, 4) is 0 Å². The smallest absolute Gasteiger partial charge is 0.272 e. The molecule has 1 saturated heterocycles. The van der Waals surface area contributed by atoms with Gasteiger partial charge in [0, 0.05) is 55.9 Å². The molecule has 1 aromatic carbocycles. The molecule has 0 atom stereocenters. The van der Waals surface area contributed by atoms with Crippen molar-refractivity contribution in [1.29, 1.82) is 0 Å². The summed E-state index contributed by atoms with van der Waals surface area (Å²) in [5.41, 5.74) is 4.07. The van der Waals surface area contributed by atoms with Gasteiger partial charge in [-0.2, -0.15) is 0 Å². The highest BCUT2D eigenvalue weighted by Crippen LogP contribution is 2.28. The molecule has 4 heterocycles. The molecule has 5 rings (SSSR count). The van der Waals surface area contributed by atoms with Gasteiger partial charge in [-0.1, -0.05) is 18.2 Å². The van der Waals surface area contributed by atoms with Crippen LogP contribution in [0.25, 0.3) is 5.65 Å². The van der Waals surface area contributed by atoms with Gasteiger partial charge in [-0.25, -0.2) is 4.98 Å². The zero-order valence-corrected chi connectivity index (χ0v) is 16.8. The molecule has 31 heavy (non-hydrogen) atoms. The topological polar surface area (TPSA) is 79.6 Å². The second-order valence-corrected chi connectivity index (χ2v) is 7.65. The molecule has 154 valence electrons. The molecule has 0 spiro atoms. The molecule has 4 aromatic rings. The Bertz CT molecular complexity index is 1230. The van der Waals surface area contributed by atoms with Crippen molar-refractivity contribution >= 4 is 17.5 Å². The van der Waals surface area contributed by atoms with E-state index in [4.69, 9.17) is 0 Å². The number of fused-ring (bicyclic) bond motifs is 1. The second kappa shape index (κ2) is 8.02. The van der Waals surface area contributed by atoms with Crippen LogP contribution in [0.5, 0.6) is 0 Å². The number of likely N-dealkylation sites (tertiary alicyclic amines) is 1. The van der Waals surface area contributed by atoms with Gasteiger partial charge in [0.25, 0.3) is 11.8 Å². The van der Waals surface area contributed by atoms with Gasteiger partial charge >= 0.3 is 0 Å². The van der Waals surface area contributed by atoms with Gasteiger partial charge < -0.3 is 14.6 Å². The van der Waals surface area contributed by atoms with Gasteiger partial charge in [0.15, 0.2) is 0 Å². The maximum Gasteiger partial charge on any atom is 0.272 e. The molecule has 0 aliphatic carbocycles. The maximum absolute atomic E-state index is 12.5. The number of benzene rings is 1. The van der Waals surface area contributed by atoms with Gasteiger partial charge in [0.05, 0.1) is 0 Å². The average molecular weight is 411 g/mol. The molecule has 7 heteroatoms. The van der Waals surface area contributed by atoms with E-state index in [1.54, 1.807) is 29.4 Å². The van der Waals surface area contributed by atoms with Crippen LogP contribution < -0.4 is 5.32 Å². The summed E-state index contributed by atoms with van der Waals surface area (Å²) in [6, 6.07) is 16.9. The molecule has 1 aliphatic heterocycles. The summed E-state index contributed by atoms with van der Waals surface area (Å²) in [5, 5.41) is 2.95. The summed E-state index contributed by atoms with van der Waals surface area (Å²) in [6.07, 6.45) is 7.19. The molecular formula is C24H21N5O2. The van der Waals surface area contributed by atoms with Crippen molar-refractivity contribution in [1.82, 2.24) is 24.6 Å². The lowest BCUT2D eigenvalue weighted by Gasteiger charge is -2.39. The number of hydrogen-bond donors (Lipinski definition) is 1. The van der Waals surface area contributed by atoms with Gasteiger partial charge in [0.1, 0.15) is 11.3 Å². The zero-order chi connectivity index (χ0) is 21.2. The molecule has 2 amide bonds. The Morgan fingerprint density at radius 1 is 0.968 bits per heavy atom. The first-order valence-corrected chi connectivity index (χ1v) is 10.2. The first kappa shape index (κ1) is 19.0. The van der Waals surface area contributed by atoms with Crippen molar-refractivity contribution in [2.75, 3.05) is 13.1 Å². The van der Waals surface area contributed by atoms with E-state index in [9.17, 15) is 9.59 Å². The van der Waals surface area contributed by atoms with Crippen LogP contribution in [0.15, 0.2) is 79.4 Å². The fourth-order valence-corrected chi connectivity index (χ4v) is 3.76. The van der Waals surface area contributed by atoms with Gasteiger partial charge in [-0.3, -0.25) is 14.6 Å². The minimum Gasteiger partial charge on any atom is -0.348 e. The van der Waals surface area contributed by atoms with Crippen LogP contribution in [0.2, 0.25) is 0 Å². The number of carbonyl (C=O) groups excluding carboxylic acids is 2. The standard InChI is InChI=1S/C24H21N5O2/c30-23(27-14-17-8-11-28-12-10-26-22(28)13-17)19-6-4-18(5-7-19)20-15-29(16-20)24(31)21-3-1-2-9-25-21/h1-13,20H,14-16H2,(H,27,30). The lowest BCUT2D eigenvalue weighted by Crippen LogP contribution is -2.48. The van der Waals surface area contributed by atoms with E-state index in [0.29, 0.717) is 30.9 Å². The van der Waals surface area contributed by atoms with E-state index in [1.165, 1.54) is 0 Å². The highest BCUT2D eigenvalue weighted by atomic mass is 16.2. The summed E-state index contributed by atoms with van der Waals surface area (Å²) in [7, 11) is 0. The highest BCUT2D eigenvalue weighted by Gasteiger charge is 2.32. The van der Waals surface area contributed by atoms with Crippen molar-refractivity contribution < 1.29 is 9.59 Å². The van der Waals surface area contributed by atoms with Crippen molar-refractivity contribution in [3.05, 3.63) is 102 Å². The number of nitrogens with zero attached hydrogens (tertiary/aromatic N) is 4. The van der Waals surface area contributed by atoms with Gasteiger partial charge in [0.2, 0.25) is 0 Å². The summed E-state index contributed by atoms with van der Waals surface area (Å²) < 4.78 is 1.93. The Hall–Kier alpha value is -4.00. The largest absolute Gasteiger partial charge is 0.348 e. The van der Waals surface area contributed by atoms with E-state index in [0.717, 1.165) is 16.8 Å². The van der Waals surface area contributed by atoms with Crippen molar-refractivity contribution in [2.24, 2.45) is 0 Å². The predicted molar refractivity (Wildman–Crippen MR) is 116 cm³/mol. The van der Waals surface area contributed by atoms with Crippen LogP contribution >= 0.6 is 0 Å². The number of hydrogen-bond acceptors (Lipinski definition) is 4. The summed E-state index contributed by atoms with van der Waals surface area (Å²) in [6.45, 7) is 1.77. The summed E-state index contributed by atoms with van der Waals surface area (Å²) in [4.78, 5) is 35.1. The van der Waals surface area contributed by atoms with Crippen LogP contribution in [0.4, 0.5) is 0 Å². The third kappa shape index (κ3) is 3.90. The number of imidazole rings is 1. The molecule has 0 unspecified atom stereocenters. The quantitative estimate of drug-likeness (QED) is 0.548. The fourth-order valence-electron chi connectivity index (χ4n) is 3.76. The average Bonchev–Trinajstić information content (AvgIpc) is 3.25. The van der Waals surface area contributed by atoms with E-state index in [2.05, 4.69) is 15.3 Å². The normalized spacial score (nSPS) is 13.7. The molecule has 0 radical (unpaired) electrons. The predicted octanol–water partition coefficient (Wildman–Crippen LogP) is 2.90. The lowest BCUT2D eigenvalue weighted by atomic mass is 9.90. The monoisotopic (exact) mass is 411 g/mol.